The summed E-state index contributed by atoms with van der Waals surface area (Å²) in [5.74, 6) is 0. The van der Waals surface area contributed by atoms with Crippen molar-refractivity contribution in [1.29, 1.82) is 0 Å². The molecule has 0 fully saturated rings. The van der Waals surface area contributed by atoms with Crippen LogP contribution in [0.5, 0.6) is 0 Å². The van der Waals surface area contributed by atoms with Gasteiger partial charge in [0.2, 0.25) is 10.0 Å². The fraction of sp³-hybridized carbons (Fsp3) is 0.462. The Morgan fingerprint density at radius 3 is 2.94 bits per heavy atom. The van der Waals surface area contributed by atoms with E-state index in [0.717, 1.165) is 31.2 Å². The highest BCUT2D eigenvalue weighted by Gasteiger charge is 2.17. The van der Waals surface area contributed by atoms with Crippen molar-refractivity contribution in [3.63, 3.8) is 0 Å². The number of aromatic nitrogens is 1. The first-order valence-electron chi connectivity index (χ1n) is 6.26. The van der Waals surface area contributed by atoms with Crippen LogP contribution in [0.4, 0.5) is 0 Å². The molecule has 5 heteroatoms. The van der Waals surface area contributed by atoms with E-state index in [0.29, 0.717) is 17.9 Å². The first kappa shape index (κ1) is 13.2. The molecule has 4 nitrogen and oxygen atoms in total. The maximum absolute atomic E-state index is 12.1. The Hall–Kier alpha value is -1.20. The van der Waals surface area contributed by atoms with Gasteiger partial charge in [-0.15, -0.1) is 0 Å². The Labute approximate surface area is 108 Å². The lowest BCUT2D eigenvalue weighted by Crippen LogP contribution is -2.24. The van der Waals surface area contributed by atoms with Crippen LogP contribution in [-0.2, 0) is 16.6 Å². The molecule has 0 aliphatic heterocycles. The second-order valence-electron chi connectivity index (χ2n) is 4.46. The highest BCUT2D eigenvalue weighted by atomic mass is 32.2. The van der Waals surface area contributed by atoms with E-state index < -0.39 is 10.0 Å². The van der Waals surface area contributed by atoms with Crippen molar-refractivity contribution >= 4 is 10.0 Å². The van der Waals surface area contributed by atoms with Gasteiger partial charge >= 0.3 is 0 Å². The molecule has 0 radical (unpaired) electrons. The van der Waals surface area contributed by atoms with E-state index >= 15 is 0 Å². The SMILES string of the molecule is O=S(=O)(NCc1cccnc1)C1=CCCCCC1. The fourth-order valence-corrected chi connectivity index (χ4v) is 3.30. The van der Waals surface area contributed by atoms with Crippen molar-refractivity contribution in [3.05, 3.63) is 41.1 Å². The molecule has 1 aliphatic carbocycles. The summed E-state index contributed by atoms with van der Waals surface area (Å²) in [7, 11) is -3.32. The summed E-state index contributed by atoms with van der Waals surface area (Å²) in [4.78, 5) is 4.51. The zero-order valence-electron chi connectivity index (χ0n) is 10.3. The molecule has 0 bridgehead atoms. The van der Waals surface area contributed by atoms with Gasteiger partial charge in [0, 0.05) is 18.9 Å². The van der Waals surface area contributed by atoms with Crippen LogP contribution in [0, 0.1) is 0 Å². The number of nitrogens with zero attached hydrogens (tertiary/aromatic N) is 1. The smallest absolute Gasteiger partial charge is 0.236 e. The maximum atomic E-state index is 12.1. The predicted molar refractivity (Wildman–Crippen MR) is 71.2 cm³/mol. The molecule has 1 N–H and O–H groups in total. The van der Waals surface area contributed by atoms with Gasteiger partial charge in [-0.3, -0.25) is 4.98 Å². The van der Waals surface area contributed by atoms with Crippen LogP contribution < -0.4 is 4.72 Å². The molecule has 0 atom stereocenters. The lowest BCUT2D eigenvalue weighted by molar-refractivity contribution is 0.584. The summed E-state index contributed by atoms with van der Waals surface area (Å²) in [6.07, 6.45) is 9.87. The molecule has 2 rings (SSSR count). The number of sulfonamides is 1. The van der Waals surface area contributed by atoms with Crippen molar-refractivity contribution in [1.82, 2.24) is 9.71 Å². The Kier molecular flexibility index (Phi) is 4.49. The third-order valence-electron chi connectivity index (χ3n) is 3.03. The van der Waals surface area contributed by atoms with Crippen molar-refractivity contribution in [3.8, 4) is 0 Å². The van der Waals surface area contributed by atoms with Crippen LogP contribution >= 0.6 is 0 Å². The summed E-state index contributed by atoms with van der Waals surface area (Å²) < 4.78 is 26.9. The molecular weight excluding hydrogens is 248 g/mol. The monoisotopic (exact) mass is 266 g/mol. The molecule has 1 heterocycles. The maximum Gasteiger partial charge on any atom is 0.236 e. The number of pyridine rings is 1. The largest absolute Gasteiger partial charge is 0.264 e. The third-order valence-corrected chi connectivity index (χ3v) is 4.62. The summed E-state index contributed by atoms with van der Waals surface area (Å²) in [6, 6.07) is 3.66. The lowest BCUT2D eigenvalue weighted by atomic mass is 10.2. The van der Waals surface area contributed by atoms with Crippen molar-refractivity contribution < 1.29 is 8.42 Å². The molecule has 0 saturated heterocycles. The summed E-state index contributed by atoms with van der Waals surface area (Å²) in [5.41, 5.74) is 0.871. The van der Waals surface area contributed by atoms with E-state index in [1.165, 1.54) is 0 Å². The van der Waals surface area contributed by atoms with Gasteiger partial charge in [-0.05, 0) is 37.3 Å². The average molecular weight is 266 g/mol. The van der Waals surface area contributed by atoms with E-state index in [1.54, 1.807) is 18.5 Å². The van der Waals surface area contributed by atoms with Crippen molar-refractivity contribution in [2.75, 3.05) is 0 Å². The molecule has 0 unspecified atom stereocenters. The van der Waals surface area contributed by atoms with Crippen LogP contribution in [0.2, 0.25) is 0 Å². The zero-order chi connectivity index (χ0) is 12.8. The molecule has 0 spiro atoms. The first-order valence-corrected chi connectivity index (χ1v) is 7.74. The van der Waals surface area contributed by atoms with Gasteiger partial charge < -0.3 is 0 Å². The average Bonchev–Trinajstić information content (AvgIpc) is 2.67. The zero-order valence-corrected chi connectivity index (χ0v) is 11.1. The lowest BCUT2D eigenvalue weighted by Gasteiger charge is -2.09. The highest BCUT2D eigenvalue weighted by molar-refractivity contribution is 7.93. The summed E-state index contributed by atoms with van der Waals surface area (Å²) in [6.45, 7) is 0.299. The fourth-order valence-electron chi connectivity index (χ4n) is 2.00. The highest BCUT2D eigenvalue weighted by Crippen LogP contribution is 2.21. The number of nitrogens with one attached hydrogen (secondary N) is 1. The van der Waals surface area contributed by atoms with E-state index in [1.807, 2.05) is 12.1 Å². The Morgan fingerprint density at radius 1 is 1.28 bits per heavy atom. The van der Waals surface area contributed by atoms with Crippen LogP contribution in [-0.4, -0.2) is 13.4 Å². The molecule has 1 aromatic heterocycles. The molecule has 18 heavy (non-hydrogen) atoms. The van der Waals surface area contributed by atoms with Gasteiger partial charge in [-0.2, -0.15) is 0 Å². The number of hydrogen-bond acceptors (Lipinski definition) is 3. The Morgan fingerprint density at radius 2 is 2.17 bits per heavy atom. The number of hydrogen-bond donors (Lipinski definition) is 1. The van der Waals surface area contributed by atoms with E-state index in [9.17, 15) is 8.42 Å². The minimum Gasteiger partial charge on any atom is -0.264 e. The molecule has 1 aliphatic rings. The van der Waals surface area contributed by atoms with Crippen LogP contribution in [0.25, 0.3) is 0 Å². The van der Waals surface area contributed by atoms with Crippen molar-refractivity contribution in [2.45, 2.75) is 38.6 Å². The van der Waals surface area contributed by atoms with Crippen LogP contribution in [0.1, 0.15) is 37.7 Å². The topological polar surface area (TPSA) is 59.1 Å². The van der Waals surface area contributed by atoms with Crippen LogP contribution in [0.3, 0.4) is 0 Å². The van der Waals surface area contributed by atoms with Crippen molar-refractivity contribution in [2.24, 2.45) is 0 Å². The van der Waals surface area contributed by atoms with Gasteiger partial charge in [-0.25, -0.2) is 13.1 Å². The number of rotatable bonds is 4. The summed E-state index contributed by atoms with van der Waals surface area (Å²) >= 11 is 0. The van der Waals surface area contributed by atoms with Gasteiger partial charge in [0.25, 0.3) is 0 Å². The molecule has 0 amide bonds. The molecule has 0 aromatic carbocycles. The van der Waals surface area contributed by atoms with Gasteiger partial charge in [-0.1, -0.05) is 18.6 Å². The second kappa shape index (κ2) is 6.11. The van der Waals surface area contributed by atoms with Gasteiger partial charge in [0.05, 0.1) is 4.91 Å². The van der Waals surface area contributed by atoms with E-state index in [4.69, 9.17) is 0 Å². The normalized spacial score (nSPS) is 17.0. The Balaban J connectivity index is 2.01. The van der Waals surface area contributed by atoms with E-state index in [2.05, 4.69) is 9.71 Å². The van der Waals surface area contributed by atoms with Crippen LogP contribution in [0.15, 0.2) is 35.5 Å². The first-order chi connectivity index (χ1) is 8.68. The Bertz CT molecular complexity index is 509. The third kappa shape index (κ3) is 3.65. The summed E-state index contributed by atoms with van der Waals surface area (Å²) in [5, 5.41) is 0. The predicted octanol–water partition coefficient (Wildman–Crippen LogP) is 2.35. The second-order valence-corrected chi connectivity index (χ2v) is 6.28. The number of allylic oxidation sites excluding steroid dienone is 2. The quantitative estimate of drug-likeness (QED) is 0.910. The molecule has 1 aromatic rings. The molecule has 0 saturated carbocycles. The van der Waals surface area contributed by atoms with Gasteiger partial charge in [0.15, 0.2) is 0 Å². The van der Waals surface area contributed by atoms with E-state index in [-0.39, 0.29) is 0 Å². The standard InChI is InChI=1S/C13H18N2O2S/c16-18(17,13-7-3-1-2-4-8-13)15-11-12-6-5-9-14-10-12/h5-7,9-10,15H,1-4,8,11H2. The molecule has 98 valence electrons. The van der Waals surface area contributed by atoms with Gasteiger partial charge in [0.1, 0.15) is 0 Å². The minimum absolute atomic E-state index is 0.299. The minimum atomic E-state index is -3.32. The molecular formula is C13H18N2O2S.